The van der Waals surface area contributed by atoms with Crippen molar-refractivity contribution < 1.29 is 23.6 Å². The van der Waals surface area contributed by atoms with E-state index in [1.807, 2.05) is 4.81 Å². The number of piperidine rings is 2. The number of nitrogens with zero attached hydrogens (tertiary/aromatic N) is 3. The zero-order valence-electron chi connectivity index (χ0n) is 17.6. The number of ether oxygens (including phenoxy) is 3. The number of fused-ring (bicyclic) bond motifs is 2. The van der Waals surface area contributed by atoms with Gasteiger partial charge < -0.3 is 24.0 Å². The Kier molecular flexibility index (Phi) is 6.96. The Hall–Kier alpha value is -1.94. The Morgan fingerprint density at radius 2 is 2.13 bits per heavy atom. The lowest BCUT2D eigenvalue weighted by molar-refractivity contribution is -0.0452. The molecule has 1 aromatic carbocycles. The summed E-state index contributed by atoms with van der Waals surface area (Å²) < 4.78 is 31.7. The van der Waals surface area contributed by atoms with Gasteiger partial charge in [-0.15, -0.1) is 0 Å². The zero-order chi connectivity index (χ0) is 22.0. The van der Waals surface area contributed by atoms with Gasteiger partial charge in [-0.2, -0.15) is 0 Å². The topological polar surface area (TPSA) is 76.9 Å². The largest absolute Gasteiger partial charge is 0.470 e. The highest BCUT2D eigenvalue weighted by Gasteiger charge is 2.48. The maximum Gasteiger partial charge on any atom is 0.376 e. The molecule has 0 aliphatic carbocycles. The van der Waals surface area contributed by atoms with Crippen LogP contribution in [0.15, 0.2) is 30.6 Å². The molecule has 0 saturated carbocycles. The van der Waals surface area contributed by atoms with Crippen molar-refractivity contribution in [2.24, 2.45) is 0 Å². The van der Waals surface area contributed by atoms with E-state index < -0.39 is 19.3 Å². The van der Waals surface area contributed by atoms with Gasteiger partial charge in [-0.05, 0) is 37.9 Å². The van der Waals surface area contributed by atoms with Crippen molar-refractivity contribution in [2.45, 2.75) is 56.9 Å². The number of hydrogen-bond donors (Lipinski definition) is 1. The van der Waals surface area contributed by atoms with Crippen molar-refractivity contribution in [1.29, 1.82) is 0 Å². The van der Waals surface area contributed by atoms with Crippen molar-refractivity contribution >= 4 is 18.7 Å². The van der Waals surface area contributed by atoms with Crippen LogP contribution in [-0.4, -0.2) is 65.1 Å². The maximum atomic E-state index is 15.2. The van der Waals surface area contributed by atoms with Crippen molar-refractivity contribution in [3.63, 3.8) is 0 Å². The number of rotatable bonds is 7. The maximum absolute atomic E-state index is 15.2. The summed E-state index contributed by atoms with van der Waals surface area (Å²) in [7, 11) is 0.871. The number of hydrogen-bond acceptors (Lipinski definition) is 7. The smallest absolute Gasteiger partial charge is 0.376 e. The second-order valence-corrected chi connectivity index (χ2v) is 8.44. The van der Waals surface area contributed by atoms with Gasteiger partial charge in [-0.25, -0.2) is 14.4 Å². The molecule has 0 spiro atoms. The van der Waals surface area contributed by atoms with Gasteiger partial charge in [0.05, 0.1) is 18.1 Å². The van der Waals surface area contributed by atoms with Crippen LogP contribution in [0.4, 0.5) is 4.39 Å². The van der Waals surface area contributed by atoms with Gasteiger partial charge in [0.2, 0.25) is 5.88 Å². The summed E-state index contributed by atoms with van der Waals surface area (Å²) >= 11 is 6.07. The van der Waals surface area contributed by atoms with Gasteiger partial charge in [0.25, 0.3) is 0 Å². The lowest BCUT2D eigenvalue weighted by Crippen LogP contribution is -2.64. The number of methoxy groups -OCH3 is 1. The molecule has 2 saturated heterocycles. The van der Waals surface area contributed by atoms with E-state index in [-0.39, 0.29) is 24.8 Å². The predicted octanol–water partition coefficient (Wildman–Crippen LogP) is 3.60. The van der Waals surface area contributed by atoms with Crippen LogP contribution in [0.1, 0.15) is 25.7 Å². The molecule has 1 aromatic heterocycles. The highest BCUT2D eigenvalue weighted by atomic mass is 35.5. The van der Waals surface area contributed by atoms with Gasteiger partial charge in [0, 0.05) is 36.2 Å². The molecule has 2 aliphatic heterocycles. The fourth-order valence-electron chi connectivity index (χ4n) is 4.66. The highest BCUT2D eigenvalue weighted by Crippen LogP contribution is 2.38. The van der Waals surface area contributed by atoms with E-state index in [2.05, 4.69) is 9.97 Å². The quantitative estimate of drug-likeness (QED) is 0.511. The average Bonchev–Trinajstić information content (AvgIpc) is 2.76. The summed E-state index contributed by atoms with van der Waals surface area (Å²) in [4.78, 5) is 10.7. The van der Waals surface area contributed by atoms with E-state index in [0.717, 1.165) is 12.8 Å². The molecule has 2 aliphatic rings. The van der Waals surface area contributed by atoms with Crippen molar-refractivity contribution in [1.82, 2.24) is 14.8 Å². The van der Waals surface area contributed by atoms with Crippen LogP contribution in [-0.2, 0) is 4.74 Å². The van der Waals surface area contributed by atoms with Crippen LogP contribution in [0.25, 0.3) is 11.3 Å². The van der Waals surface area contributed by atoms with Gasteiger partial charge in [-0.3, -0.25) is 0 Å². The average molecular weight is 450 g/mol. The molecule has 0 amide bonds. The highest BCUT2D eigenvalue weighted by molar-refractivity contribution is 6.45. The standard InChI is InChI=1S/C21H26BClFN3O4/c1-22(28)27-14-4-3-5-17(27)21(24)19(9-14)31-20-11-25-16(10-26-20)15-7-6-13(23)8-18(15)30-12-29-2/h6-8,10-11,14,17,19,21,28H,3-5,9,12H2,1-2H3/t14?,17?,19-,21+/m0/s1. The number of benzene rings is 1. The Labute approximate surface area is 186 Å². The molecule has 4 atom stereocenters. The van der Waals surface area contributed by atoms with E-state index in [4.69, 9.17) is 25.8 Å². The molecular weight excluding hydrogens is 424 g/mol. The molecular formula is C21H26BClFN3O4. The Balaban J connectivity index is 1.49. The molecule has 2 bridgehead atoms. The molecule has 166 valence electrons. The van der Waals surface area contributed by atoms with Gasteiger partial charge in [0.15, 0.2) is 13.0 Å². The predicted molar refractivity (Wildman–Crippen MR) is 116 cm³/mol. The number of aromatic nitrogens is 2. The first-order valence-corrected chi connectivity index (χ1v) is 10.9. The van der Waals surface area contributed by atoms with Crippen molar-refractivity contribution in [3.05, 3.63) is 35.6 Å². The fraction of sp³-hybridized carbons (Fsp3) is 0.524. The first-order chi connectivity index (χ1) is 15.0. The minimum Gasteiger partial charge on any atom is -0.470 e. The third-order valence-electron chi connectivity index (χ3n) is 5.95. The van der Waals surface area contributed by atoms with Gasteiger partial charge in [-0.1, -0.05) is 18.0 Å². The van der Waals surface area contributed by atoms with Crippen LogP contribution in [0, 0.1) is 0 Å². The van der Waals surface area contributed by atoms with Crippen molar-refractivity contribution in [2.75, 3.05) is 13.9 Å². The van der Waals surface area contributed by atoms with Crippen LogP contribution in [0.3, 0.4) is 0 Å². The summed E-state index contributed by atoms with van der Waals surface area (Å²) in [6, 6.07) is 4.99. The fourth-order valence-corrected chi connectivity index (χ4v) is 4.82. The van der Waals surface area contributed by atoms with Gasteiger partial charge >= 0.3 is 7.05 Å². The Morgan fingerprint density at radius 3 is 2.84 bits per heavy atom. The monoisotopic (exact) mass is 449 g/mol. The summed E-state index contributed by atoms with van der Waals surface area (Å²) in [5.74, 6) is 0.799. The third-order valence-corrected chi connectivity index (χ3v) is 6.19. The van der Waals surface area contributed by atoms with Crippen molar-refractivity contribution in [3.8, 4) is 22.9 Å². The summed E-state index contributed by atoms with van der Waals surface area (Å²) in [5, 5.41) is 10.6. The zero-order valence-corrected chi connectivity index (χ0v) is 18.3. The molecule has 3 heterocycles. The Bertz CT molecular complexity index is 891. The minimum absolute atomic E-state index is 0.0767. The number of halogens is 2. The summed E-state index contributed by atoms with van der Waals surface area (Å²) in [6.45, 7) is 1.78. The Morgan fingerprint density at radius 1 is 1.29 bits per heavy atom. The molecule has 4 rings (SSSR count). The summed E-state index contributed by atoms with van der Waals surface area (Å²) in [6.07, 6.45) is 4.38. The molecule has 7 nitrogen and oxygen atoms in total. The van der Waals surface area contributed by atoms with Crippen LogP contribution < -0.4 is 9.47 Å². The first-order valence-electron chi connectivity index (χ1n) is 10.5. The second kappa shape index (κ2) is 9.69. The van der Waals surface area contributed by atoms with E-state index in [9.17, 15) is 5.02 Å². The molecule has 0 radical (unpaired) electrons. The molecule has 2 aromatic rings. The van der Waals surface area contributed by atoms with E-state index >= 15 is 4.39 Å². The number of alkyl halides is 1. The minimum atomic E-state index is -1.20. The van der Waals surface area contributed by atoms with Crippen LogP contribution in [0.2, 0.25) is 11.8 Å². The second-order valence-electron chi connectivity index (χ2n) is 8.00. The molecule has 2 unspecified atom stereocenters. The normalized spacial score (nSPS) is 25.8. The van der Waals surface area contributed by atoms with E-state index in [1.54, 1.807) is 31.2 Å². The van der Waals surface area contributed by atoms with Gasteiger partial charge in [0.1, 0.15) is 11.9 Å². The van der Waals surface area contributed by atoms with Crippen LogP contribution >= 0.6 is 11.6 Å². The SMILES string of the molecule is COCOc1cc(Cl)ccc1-c1cnc(O[C@H]2CC3CCCC([C@H]2F)N3B(C)O)cn1. The summed E-state index contributed by atoms with van der Waals surface area (Å²) in [5.41, 5.74) is 1.29. The van der Waals surface area contributed by atoms with E-state index in [0.29, 0.717) is 34.9 Å². The van der Waals surface area contributed by atoms with E-state index in [1.165, 1.54) is 13.3 Å². The molecule has 1 N–H and O–H groups in total. The molecule has 2 fully saturated rings. The molecule has 10 heteroatoms. The lowest BCUT2D eigenvalue weighted by Gasteiger charge is -2.50. The molecule has 31 heavy (non-hydrogen) atoms. The first kappa shape index (κ1) is 22.3. The lowest BCUT2D eigenvalue weighted by atomic mass is 9.71. The van der Waals surface area contributed by atoms with Crippen LogP contribution in [0.5, 0.6) is 11.6 Å². The third kappa shape index (κ3) is 4.79.